The molecule has 166 valence electrons. The van der Waals surface area contributed by atoms with Crippen LogP contribution in [0, 0.1) is 0 Å². The molecular weight excluding hydrogens is 472 g/mol. The van der Waals surface area contributed by atoms with Crippen molar-refractivity contribution < 1.29 is 14.1 Å². The maximum absolute atomic E-state index is 12.6. The molecule has 1 atom stereocenters. The van der Waals surface area contributed by atoms with Crippen molar-refractivity contribution in [3.63, 3.8) is 0 Å². The second kappa shape index (κ2) is 10.2. The van der Waals surface area contributed by atoms with E-state index < -0.39 is 0 Å². The number of benzene rings is 2. The van der Waals surface area contributed by atoms with Crippen LogP contribution in [0.4, 0.5) is 0 Å². The van der Waals surface area contributed by atoms with Crippen molar-refractivity contribution in [2.24, 2.45) is 0 Å². The van der Waals surface area contributed by atoms with E-state index in [2.05, 4.69) is 31.0 Å². The van der Waals surface area contributed by atoms with Gasteiger partial charge >= 0.3 is 0 Å². The van der Waals surface area contributed by atoms with Gasteiger partial charge in [-0.25, -0.2) is 0 Å². The Kier molecular flexibility index (Phi) is 7.12. The summed E-state index contributed by atoms with van der Waals surface area (Å²) < 4.78 is 6.42. The minimum Gasteiger partial charge on any atom is -0.340 e. The maximum atomic E-state index is 12.6. The SMILES string of the molecule is CC(c1nc(-c2ccccc2)no1)N1CCN(C(=O)CCC(=O)c2ccc(Br)cc2)CC1. The van der Waals surface area contributed by atoms with Gasteiger partial charge in [-0.3, -0.25) is 14.5 Å². The lowest BCUT2D eigenvalue weighted by Crippen LogP contribution is -2.49. The summed E-state index contributed by atoms with van der Waals surface area (Å²) in [4.78, 5) is 33.6. The Balaban J connectivity index is 1.26. The van der Waals surface area contributed by atoms with Gasteiger partial charge in [-0.15, -0.1) is 0 Å². The van der Waals surface area contributed by atoms with Crippen LogP contribution in [-0.4, -0.2) is 57.8 Å². The van der Waals surface area contributed by atoms with Crippen LogP contribution in [0.5, 0.6) is 0 Å². The normalized spacial score (nSPS) is 15.5. The lowest BCUT2D eigenvalue weighted by molar-refractivity contribution is -0.133. The summed E-state index contributed by atoms with van der Waals surface area (Å²) in [5.41, 5.74) is 1.55. The summed E-state index contributed by atoms with van der Waals surface area (Å²) in [6.07, 6.45) is 0.454. The van der Waals surface area contributed by atoms with Gasteiger partial charge in [-0.1, -0.05) is 63.6 Å². The average molecular weight is 497 g/mol. The van der Waals surface area contributed by atoms with E-state index in [4.69, 9.17) is 4.52 Å². The zero-order valence-electron chi connectivity index (χ0n) is 17.9. The smallest absolute Gasteiger partial charge is 0.244 e. The first-order valence-electron chi connectivity index (χ1n) is 10.7. The Morgan fingerprint density at radius 3 is 2.38 bits per heavy atom. The van der Waals surface area contributed by atoms with E-state index in [9.17, 15) is 9.59 Å². The quantitative estimate of drug-likeness (QED) is 0.452. The number of aromatic nitrogens is 2. The molecule has 0 spiro atoms. The second-order valence-corrected chi connectivity index (χ2v) is 8.76. The maximum Gasteiger partial charge on any atom is 0.244 e. The second-order valence-electron chi connectivity index (χ2n) is 7.85. The molecule has 0 bridgehead atoms. The molecule has 7 nitrogen and oxygen atoms in total. The van der Waals surface area contributed by atoms with Gasteiger partial charge in [0.15, 0.2) is 5.78 Å². The molecule has 1 aliphatic rings. The van der Waals surface area contributed by atoms with Crippen LogP contribution < -0.4 is 0 Å². The van der Waals surface area contributed by atoms with Crippen LogP contribution in [0.3, 0.4) is 0 Å². The molecule has 0 radical (unpaired) electrons. The fourth-order valence-electron chi connectivity index (χ4n) is 3.78. The molecule has 0 saturated carbocycles. The largest absolute Gasteiger partial charge is 0.340 e. The number of amides is 1. The number of piperazine rings is 1. The van der Waals surface area contributed by atoms with Crippen LogP contribution in [-0.2, 0) is 4.79 Å². The number of rotatable bonds is 7. The number of nitrogens with zero attached hydrogens (tertiary/aromatic N) is 4. The van der Waals surface area contributed by atoms with Gasteiger partial charge < -0.3 is 9.42 Å². The van der Waals surface area contributed by atoms with Gasteiger partial charge in [0.1, 0.15) is 0 Å². The fraction of sp³-hybridized carbons (Fsp3) is 0.333. The van der Waals surface area contributed by atoms with Gasteiger partial charge in [-0.05, 0) is 19.1 Å². The minimum absolute atomic E-state index is 0.0104. The zero-order valence-corrected chi connectivity index (χ0v) is 19.5. The molecule has 4 rings (SSSR count). The molecule has 2 aromatic carbocycles. The van der Waals surface area contributed by atoms with Crippen LogP contribution in [0.1, 0.15) is 42.1 Å². The number of hydrogen-bond acceptors (Lipinski definition) is 6. The van der Waals surface area contributed by atoms with Crippen molar-refractivity contribution in [2.75, 3.05) is 26.2 Å². The van der Waals surface area contributed by atoms with Crippen LogP contribution in [0.15, 0.2) is 63.6 Å². The number of carbonyl (C=O) groups is 2. The molecule has 0 N–H and O–H groups in total. The van der Waals surface area contributed by atoms with Gasteiger partial charge in [0.25, 0.3) is 0 Å². The van der Waals surface area contributed by atoms with E-state index >= 15 is 0 Å². The molecule has 1 unspecified atom stereocenters. The lowest BCUT2D eigenvalue weighted by Gasteiger charge is -2.36. The van der Waals surface area contributed by atoms with Crippen molar-refractivity contribution in [1.82, 2.24) is 19.9 Å². The molecule has 3 aromatic rings. The molecule has 1 aliphatic heterocycles. The van der Waals surface area contributed by atoms with E-state index in [-0.39, 0.29) is 30.6 Å². The Hall–Kier alpha value is -2.84. The van der Waals surface area contributed by atoms with Crippen LogP contribution >= 0.6 is 15.9 Å². The van der Waals surface area contributed by atoms with Crippen molar-refractivity contribution in [1.29, 1.82) is 0 Å². The lowest BCUT2D eigenvalue weighted by atomic mass is 10.1. The van der Waals surface area contributed by atoms with E-state index in [1.54, 1.807) is 12.1 Å². The Morgan fingerprint density at radius 2 is 1.69 bits per heavy atom. The standard InChI is InChI=1S/C24H25BrN4O3/c1-17(24-26-23(27-32-24)19-5-3-2-4-6-19)28-13-15-29(16-14-28)22(31)12-11-21(30)18-7-9-20(25)10-8-18/h2-10,17H,11-16H2,1H3. The van der Waals surface area contributed by atoms with Crippen molar-refractivity contribution >= 4 is 27.6 Å². The first-order chi connectivity index (χ1) is 15.5. The van der Waals surface area contributed by atoms with Crippen molar-refractivity contribution in [3.8, 4) is 11.4 Å². The highest BCUT2D eigenvalue weighted by atomic mass is 79.9. The topological polar surface area (TPSA) is 79.5 Å². The van der Waals surface area contributed by atoms with E-state index in [0.717, 1.165) is 23.1 Å². The zero-order chi connectivity index (χ0) is 22.5. The predicted molar refractivity (Wildman–Crippen MR) is 124 cm³/mol. The summed E-state index contributed by atoms with van der Waals surface area (Å²) in [5, 5.41) is 4.10. The highest BCUT2D eigenvalue weighted by Gasteiger charge is 2.28. The first-order valence-corrected chi connectivity index (χ1v) is 11.5. The average Bonchev–Trinajstić information content (AvgIpc) is 3.33. The predicted octanol–water partition coefficient (Wildman–Crippen LogP) is 4.37. The third kappa shape index (κ3) is 5.31. The Labute approximate surface area is 195 Å². The minimum atomic E-state index is -0.0313. The molecule has 1 amide bonds. The van der Waals surface area contributed by atoms with E-state index in [0.29, 0.717) is 30.4 Å². The molecule has 1 fully saturated rings. The summed E-state index contributed by atoms with van der Waals surface area (Å²) in [7, 11) is 0. The summed E-state index contributed by atoms with van der Waals surface area (Å²) in [6, 6.07) is 16.9. The van der Waals surface area contributed by atoms with Gasteiger partial charge in [-0.2, -0.15) is 4.98 Å². The number of ketones is 1. The summed E-state index contributed by atoms with van der Waals surface area (Å²) in [6.45, 7) is 4.72. The fourth-order valence-corrected chi connectivity index (χ4v) is 4.05. The highest BCUT2D eigenvalue weighted by Crippen LogP contribution is 2.23. The Morgan fingerprint density at radius 1 is 1.00 bits per heavy atom. The first kappa shape index (κ1) is 22.4. The van der Waals surface area contributed by atoms with Gasteiger partial charge in [0, 0.05) is 54.6 Å². The monoisotopic (exact) mass is 496 g/mol. The number of hydrogen-bond donors (Lipinski definition) is 0. The highest BCUT2D eigenvalue weighted by molar-refractivity contribution is 9.10. The molecule has 8 heteroatoms. The van der Waals surface area contributed by atoms with Crippen LogP contribution in [0.2, 0.25) is 0 Å². The summed E-state index contributed by atoms with van der Waals surface area (Å²) in [5.74, 6) is 1.16. The third-order valence-electron chi connectivity index (χ3n) is 5.78. The van der Waals surface area contributed by atoms with E-state index in [1.165, 1.54) is 0 Å². The molecule has 32 heavy (non-hydrogen) atoms. The molecule has 0 aliphatic carbocycles. The number of carbonyl (C=O) groups excluding carboxylic acids is 2. The summed E-state index contributed by atoms with van der Waals surface area (Å²) >= 11 is 3.36. The molecule has 1 aromatic heterocycles. The van der Waals surface area contributed by atoms with Gasteiger partial charge in [0.05, 0.1) is 6.04 Å². The number of halogens is 1. The van der Waals surface area contributed by atoms with E-state index in [1.807, 2.05) is 54.3 Å². The Bertz CT molecular complexity index is 1060. The number of Topliss-reactive ketones (excluding diaryl/α,β-unsaturated/α-hetero) is 1. The third-order valence-corrected chi connectivity index (χ3v) is 6.31. The molecule has 2 heterocycles. The van der Waals surface area contributed by atoms with Crippen molar-refractivity contribution in [2.45, 2.75) is 25.8 Å². The van der Waals surface area contributed by atoms with Gasteiger partial charge in [0.2, 0.25) is 17.6 Å². The van der Waals surface area contributed by atoms with Crippen molar-refractivity contribution in [3.05, 3.63) is 70.5 Å². The molecule has 1 saturated heterocycles. The van der Waals surface area contributed by atoms with Crippen LogP contribution in [0.25, 0.3) is 11.4 Å². The molecular formula is C24H25BrN4O3.